The van der Waals surface area contributed by atoms with Crippen molar-refractivity contribution in [1.82, 2.24) is 20.2 Å². The summed E-state index contributed by atoms with van der Waals surface area (Å²) >= 11 is 0. The summed E-state index contributed by atoms with van der Waals surface area (Å²) in [6.45, 7) is 1.43. The molecule has 2 rings (SSSR count). The number of hydrogen-bond donors (Lipinski definition) is 1. The highest BCUT2D eigenvalue weighted by atomic mass is 16.5. The summed E-state index contributed by atoms with van der Waals surface area (Å²) in [6, 6.07) is 0.484. The van der Waals surface area contributed by atoms with Crippen LogP contribution in [-0.4, -0.2) is 33.4 Å². The van der Waals surface area contributed by atoms with Gasteiger partial charge in [-0.2, -0.15) is 4.68 Å². The molecule has 1 aromatic rings. The third-order valence-electron chi connectivity index (χ3n) is 3.13. The van der Waals surface area contributed by atoms with E-state index < -0.39 is 0 Å². The first-order valence-electron chi connectivity index (χ1n) is 5.36. The lowest BCUT2D eigenvalue weighted by atomic mass is 9.97. The fourth-order valence-corrected chi connectivity index (χ4v) is 2.17. The number of aromatic nitrogens is 4. The molecule has 2 unspecified atom stereocenters. The van der Waals surface area contributed by atoms with E-state index in [2.05, 4.69) is 15.5 Å². The van der Waals surface area contributed by atoms with Crippen LogP contribution in [0.5, 0.6) is 6.01 Å². The second kappa shape index (κ2) is 4.57. The van der Waals surface area contributed by atoms with Gasteiger partial charge in [0.15, 0.2) is 0 Å². The zero-order chi connectivity index (χ0) is 10.7. The van der Waals surface area contributed by atoms with Gasteiger partial charge in [0, 0.05) is 7.05 Å². The van der Waals surface area contributed by atoms with Crippen LogP contribution in [0.15, 0.2) is 0 Å². The van der Waals surface area contributed by atoms with Gasteiger partial charge in [0.25, 0.3) is 0 Å². The molecular formula is C9H17N5O. The van der Waals surface area contributed by atoms with Crippen LogP contribution in [0.3, 0.4) is 0 Å². The first kappa shape index (κ1) is 10.4. The molecule has 0 saturated heterocycles. The smallest absolute Gasteiger partial charge is 0.335 e. The van der Waals surface area contributed by atoms with E-state index in [1.54, 1.807) is 7.05 Å². The Kier molecular flexibility index (Phi) is 3.15. The molecule has 1 aliphatic rings. The number of tetrazole rings is 1. The van der Waals surface area contributed by atoms with Crippen LogP contribution >= 0.6 is 0 Å². The van der Waals surface area contributed by atoms with Crippen molar-refractivity contribution in [3.05, 3.63) is 0 Å². The lowest BCUT2D eigenvalue weighted by Crippen LogP contribution is -2.23. The summed E-state index contributed by atoms with van der Waals surface area (Å²) in [6.07, 6.45) is 3.68. The van der Waals surface area contributed by atoms with Crippen LogP contribution in [0.2, 0.25) is 0 Å². The predicted octanol–water partition coefficient (Wildman–Crippen LogP) is -0.0361. The maximum Gasteiger partial charge on any atom is 0.335 e. The molecule has 1 fully saturated rings. The summed E-state index contributed by atoms with van der Waals surface area (Å²) in [5, 5.41) is 11.0. The number of ether oxygens (including phenoxy) is 1. The first-order chi connectivity index (χ1) is 7.31. The zero-order valence-electron chi connectivity index (χ0n) is 8.96. The molecule has 1 aromatic heterocycles. The third kappa shape index (κ3) is 2.26. The molecule has 2 atom stereocenters. The van der Waals surface area contributed by atoms with Crippen LogP contribution < -0.4 is 10.5 Å². The van der Waals surface area contributed by atoms with Gasteiger partial charge in [0.1, 0.15) is 0 Å². The Morgan fingerprint density at radius 1 is 1.47 bits per heavy atom. The van der Waals surface area contributed by atoms with Gasteiger partial charge in [-0.3, -0.25) is 0 Å². The van der Waals surface area contributed by atoms with Crippen molar-refractivity contribution in [1.29, 1.82) is 0 Å². The van der Waals surface area contributed by atoms with Crippen molar-refractivity contribution in [2.45, 2.75) is 19.3 Å². The predicted molar refractivity (Wildman–Crippen MR) is 54.2 cm³/mol. The van der Waals surface area contributed by atoms with Crippen LogP contribution in [0.4, 0.5) is 0 Å². The van der Waals surface area contributed by atoms with E-state index in [0.29, 0.717) is 24.5 Å². The van der Waals surface area contributed by atoms with Crippen molar-refractivity contribution >= 4 is 0 Å². The molecule has 2 N–H and O–H groups in total. The maximum absolute atomic E-state index is 5.70. The van der Waals surface area contributed by atoms with Gasteiger partial charge in [-0.1, -0.05) is 11.5 Å². The number of hydrogen-bond acceptors (Lipinski definition) is 5. The van der Waals surface area contributed by atoms with Crippen molar-refractivity contribution in [3.8, 4) is 6.01 Å². The largest absolute Gasteiger partial charge is 0.462 e. The Morgan fingerprint density at radius 2 is 2.27 bits per heavy atom. The van der Waals surface area contributed by atoms with Crippen molar-refractivity contribution in [3.63, 3.8) is 0 Å². The minimum Gasteiger partial charge on any atom is -0.462 e. The molecule has 1 aliphatic carbocycles. The van der Waals surface area contributed by atoms with E-state index in [9.17, 15) is 0 Å². The van der Waals surface area contributed by atoms with E-state index in [0.717, 1.165) is 6.54 Å². The zero-order valence-corrected chi connectivity index (χ0v) is 8.96. The highest BCUT2D eigenvalue weighted by molar-refractivity contribution is 4.87. The van der Waals surface area contributed by atoms with E-state index >= 15 is 0 Å². The molecule has 1 saturated carbocycles. The van der Waals surface area contributed by atoms with Gasteiger partial charge < -0.3 is 10.5 Å². The van der Waals surface area contributed by atoms with E-state index in [4.69, 9.17) is 10.5 Å². The van der Waals surface area contributed by atoms with Gasteiger partial charge in [-0.05, 0) is 41.6 Å². The maximum atomic E-state index is 5.70. The molecule has 0 aromatic carbocycles. The average molecular weight is 211 g/mol. The molecule has 15 heavy (non-hydrogen) atoms. The van der Waals surface area contributed by atoms with Gasteiger partial charge in [-0.25, -0.2) is 0 Å². The van der Waals surface area contributed by atoms with Crippen LogP contribution in [0.25, 0.3) is 0 Å². The molecule has 0 bridgehead atoms. The Morgan fingerprint density at radius 3 is 2.93 bits per heavy atom. The molecule has 6 heteroatoms. The molecule has 6 nitrogen and oxygen atoms in total. The Balaban J connectivity index is 1.85. The minimum absolute atomic E-state index is 0.484. The number of nitrogens with two attached hydrogens (primary N) is 1. The normalized spacial score (nSPS) is 25.7. The Labute approximate surface area is 88.8 Å². The molecule has 0 aliphatic heterocycles. The molecule has 0 radical (unpaired) electrons. The standard InChI is InChI=1S/C9H17N5O/c1-14-9(11-12-13-14)15-6-8-4-2-3-7(8)5-10/h7-8H,2-6,10H2,1H3. The third-order valence-corrected chi connectivity index (χ3v) is 3.13. The molecule has 1 heterocycles. The molecule has 0 amide bonds. The Hall–Kier alpha value is -1.17. The van der Waals surface area contributed by atoms with Crippen molar-refractivity contribution < 1.29 is 4.74 Å². The number of rotatable bonds is 4. The first-order valence-corrected chi connectivity index (χ1v) is 5.36. The summed E-state index contributed by atoms with van der Waals surface area (Å²) < 4.78 is 7.10. The number of aryl methyl sites for hydroxylation is 1. The lowest BCUT2D eigenvalue weighted by molar-refractivity contribution is 0.196. The summed E-state index contributed by atoms with van der Waals surface area (Å²) in [5.41, 5.74) is 5.70. The van der Waals surface area contributed by atoms with E-state index in [1.807, 2.05) is 0 Å². The fraction of sp³-hybridized carbons (Fsp3) is 0.889. The second-order valence-corrected chi connectivity index (χ2v) is 4.08. The molecule has 84 valence electrons. The average Bonchev–Trinajstić information content (AvgIpc) is 2.83. The number of nitrogens with zero attached hydrogens (tertiary/aromatic N) is 4. The van der Waals surface area contributed by atoms with Crippen LogP contribution in [-0.2, 0) is 7.05 Å². The van der Waals surface area contributed by atoms with Crippen molar-refractivity contribution in [2.24, 2.45) is 24.6 Å². The fourth-order valence-electron chi connectivity index (χ4n) is 2.17. The van der Waals surface area contributed by atoms with Crippen LogP contribution in [0, 0.1) is 11.8 Å². The van der Waals surface area contributed by atoms with Crippen LogP contribution in [0.1, 0.15) is 19.3 Å². The minimum atomic E-state index is 0.484. The summed E-state index contributed by atoms with van der Waals surface area (Å²) in [5.74, 6) is 1.16. The molecular weight excluding hydrogens is 194 g/mol. The topological polar surface area (TPSA) is 78.8 Å². The van der Waals surface area contributed by atoms with E-state index in [1.165, 1.54) is 23.9 Å². The Bertz CT molecular complexity index is 313. The van der Waals surface area contributed by atoms with Gasteiger partial charge in [0.05, 0.1) is 6.61 Å². The van der Waals surface area contributed by atoms with Crippen molar-refractivity contribution in [2.75, 3.05) is 13.2 Å². The quantitative estimate of drug-likeness (QED) is 0.756. The summed E-state index contributed by atoms with van der Waals surface area (Å²) in [4.78, 5) is 0. The monoisotopic (exact) mass is 211 g/mol. The van der Waals surface area contributed by atoms with Gasteiger partial charge in [0.2, 0.25) is 0 Å². The highest BCUT2D eigenvalue weighted by Crippen LogP contribution is 2.30. The highest BCUT2D eigenvalue weighted by Gasteiger charge is 2.26. The van der Waals surface area contributed by atoms with E-state index in [-0.39, 0.29) is 0 Å². The lowest BCUT2D eigenvalue weighted by Gasteiger charge is -2.17. The SMILES string of the molecule is Cn1nnnc1OCC1CCCC1CN. The molecule has 0 spiro atoms. The second-order valence-electron chi connectivity index (χ2n) is 4.08. The van der Waals surface area contributed by atoms with Gasteiger partial charge >= 0.3 is 6.01 Å². The van der Waals surface area contributed by atoms with Gasteiger partial charge in [-0.15, -0.1) is 0 Å². The summed E-state index contributed by atoms with van der Waals surface area (Å²) in [7, 11) is 1.77.